The molecule has 2 bridgehead atoms. The van der Waals surface area contributed by atoms with Crippen molar-refractivity contribution in [3.8, 4) is 16.9 Å². The Morgan fingerprint density at radius 2 is 1.53 bits per heavy atom. The zero-order valence-corrected chi connectivity index (χ0v) is 53.4. The summed E-state index contributed by atoms with van der Waals surface area (Å²) in [6.07, 6.45) is 4.97. The third kappa shape index (κ3) is 12.7. The van der Waals surface area contributed by atoms with Crippen molar-refractivity contribution in [2.45, 2.75) is 115 Å². The van der Waals surface area contributed by atoms with Gasteiger partial charge in [-0.2, -0.15) is 4.68 Å². The molecule has 0 unspecified atom stereocenters. The van der Waals surface area contributed by atoms with Crippen molar-refractivity contribution in [2.75, 3.05) is 96.5 Å². The number of nitrogens with two attached hydrogens (primary N) is 1. The number of aromatic nitrogens is 3. The SMILES string of the molecule is [C-]#[N+]c1c2c(nn1CCN(C)C(=O)CCOCCOCCN1CCN(C(=O)N3C(c4ccc(C(C)(C)C)cc4OCC)=N[C@@](C)(c4ccc(Cl)cc4)[C@@]3(C)c3ccc(Cl)cc3)CC1)CN(C1CC1)C(=O)c1ccc(F)cc1[C@H]1CCCN1c1cc-2cnc1N. The topological polar surface area (TPSA) is 172 Å². The summed E-state index contributed by atoms with van der Waals surface area (Å²) >= 11 is 13.0. The first-order valence-electron chi connectivity index (χ1n) is 30.9. The van der Waals surface area contributed by atoms with E-state index in [1.807, 2.05) is 82.3 Å². The van der Waals surface area contributed by atoms with E-state index in [0.717, 1.165) is 41.5 Å². The lowest BCUT2D eigenvalue weighted by atomic mass is 9.71. The van der Waals surface area contributed by atoms with Gasteiger partial charge in [0.25, 0.3) is 11.7 Å². The van der Waals surface area contributed by atoms with E-state index < -0.39 is 16.9 Å². The van der Waals surface area contributed by atoms with Gasteiger partial charge in [-0.05, 0) is 140 Å². The molecule has 11 rings (SSSR count). The number of benzene rings is 4. The summed E-state index contributed by atoms with van der Waals surface area (Å²) in [7, 11) is 1.72. The average Bonchev–Trinajstić information content (AvgIpc) is 1.56. The number of nitrogen functional groups attached to an aromatic ring is 1. The Morgan fingerprint density at radius 3 is 2.20 bits per heavy atom. The van der Waals surface area contributed by atoms with E-state index in [-0.39, 0.29) is 73.8 Å². The Balaban J connectivity index is 0.688. The van der Waals surface area contributed by atoms with Crippen LogP contribution in [0.1, 0.15) is 124 Å². The molecule has 18 nitrogen and oxygen atoms in total. The van der Waals surface area contributed by atoms with Crippen molar-refractivity contribution in [2.24, 2.45) is 4.99 Å². The molecule has 6 heterocycles. The molecule has 2 saturated heterocycles. The number of amides is 4. The third-order valence-corrected chi connectivity index (χ3v) is 19.0. The standard InChI is InChI=1S/C68H79Cl2FN12O6/c1-9-89-58-40-47(66(2,3)4)16-24-53(58)62-75-67(5,45-12-17-48(69)18-13-45)68(6,46-14-19-49(70)20-15-46)83(62)65(86)79-31-29-78(30-32-79)34-36-88-38-37-87-35-26-59(84)77(8)28-33-82-63(73-7)60-44-39-57(61(72)74-42-44)80-27-10-11-56(80)54-41-50(71)21-25-52(54)64(85)81(51-22-23-51)43-55(60)76-82/h12-21,24-25,39-42,51,56H,9-11,22-23,26-38,43H2,1-6,8H3,(H2,72,74)/t56-,67+,68-/m1/s1. The Hall–Kier alpha value is -7.60. The van der Waals surface area contributed by atoms with Crippen LogP contribution in [-0.4, -0.2) is 155 Å². The second kappa shape index (κ2) is 26.1. The highest BCUT2D eigenvalue weighted by Crippen LogP contribution is 2.54. The van der Waals surface area contributed by atoms with Crippen molar-refractivity contribution in [1.82, 2.24) is 39.3 Å². The van der Waals surface area contributed by atoms with Gasteiger partial charge < -0.3 is 44.4 Å². The number of ether oxygens (including phenoxy) is 3. The fourth-order valence-corrected chi connectivity index (χ4v) is 13.3. The fourth-order valence-electron chi connectivity index (χ4n) is 13.0. The first-order valence-corrected chi connectivity index (χ1v) is 31.7. The maximum absolute atomic E-state index is 15.6. The van der Waals surface area contributed by atoms with Crippen LogP contribution >= 0.6 is 23.2 Å². The summed E-state index contributed by atoms with van der Waals surface area (Å²) in [6, 6.07) is 27.4. The minimum absolute atomic E-state index is 0.0187. The smallest absolute Gasteiger partial charge is 0.326 e. The number of carbonyl (C=O) groups is 3. The Labute approximate surface area is 531 Å². The van der Waals surface area contributed by atoms with Crippen LogP contribution in [0, 0.1) is 12.4 Å². The summed E-state index contributed by atoms with van der Waals surface area (Å²) in [4.78, 5) is 69.4. The second-order valence-electron chi connectivity index (χ2n) is 25.1. The molecular formula is C68H79Cl2FN12O6. The number of hydrogen-bond acceptors (Lipinski definition) is 12. The maximum Gasteiger partial charge on any atom is 0.326 e. The largest absolute Gasteiger partial charge is 0.493 e. The van der Waals surface area contributed by atoms with Crippen LogP contribution in [-0.2, 0) is 43.9 Å². The first-order chi connectivity index (χ1) is 42.7. The van der Waals surface area contributed by atoms with Crippen molar-refractivity contribution in [1.29, 1.82) is 0 Å². The number of pyridine rings is 1. The van der Waals surface area contributed by atoms with Gasteiger partial charge in [0.1, 0.15) is 46.5 Å². The van der Waals surface area contributed by atoms with Gasteiger partial charge in [0.05, 0.1) is 69.8 Å². The fraction of sp³-hybridized carbons (Fsp3) is 0.456. The molecule has 5 aliphatic rings. The predicted octanol–water partition coefficient (Wildman–Crippen LogP) is 11.9. The summed E-state index contributed by atoms with van der Waals surface area (Å²) < 4.78 is 34.9. The van der Waals surface area contributed by atoms with Crippen LogP contribution in [0.3, 0.4) is 0 Å². The van der Waals surface area contributed by atoms with Gasteiger partial charge in [-0.15, -0.1) is 5.10 Å². The van der Waals surface area contributed by atoms with Gasteiger partial charge in [0.15, 0.2) is 0 Å². The third-order valence-electron chi connectivity index (χ3n) is 18.5. The van der Waals surface area contributed by atoms with Crippen molar-refractivity contribution >= 4 is 64.2 Å². The highest BCUT2D eigenvalue weighted by atomic mass is 35.5. The van der Waals surface area contributed by atoms with E-state index >= 15 is 4.79 Å². The maximum atomic E-state index is 15.6. The number of likely N-dealkylation sites (N-methyl/N-ethyl adjacent to an activating group) is 1. The molecular weight excluding hydrogens is 1170 g/mol. The lowest BCUT2D eigenvalue weighted by molar-refractivity contribution is -0.131. The summed E-state index contributed by atoms with van der Waals surface area (Å²) in [6.45, 7) is 26.9. The van der Waals surface area contributed by atoms with E-state index in [1.54, 1.807) is 28.9 Å². The van der Waals surface area contributed by atoms with Crippen molar-refractivity contribution in [3.05, 3.63) is 164 Å². The number of carbonyl (C=O) groups excluding carboxylic acids is 3. The number of piperazine rings is 1. The molecule has 21 heteroatoms. The second-order valence-corrected chi connectivity index (χ2v) is 26.0. The molecule has 468 valence electrons. The first kappa shape index (κ1) is 63.0. The van der Waals surface area contributed by atoms with E-state index in [9.17, 15) is 14.0 Å². The molecule has 4 aromatic carbocycles. The van der Waals surface area contributed by atoms with Crippen LogP contribution in [0.2, 0.25) is 10.0 Å². The molecule has 6 aromatic rings. The number of amidine groups is 1. The highest BCUT2D eigenvalue weighted by Gasteiger charge is 2.60. The molecule has 3 atom stereocenters. The molecule has 1 aliphatic carbocycles. The average molecular weight is 1250 g/mol. The number of rotatable bonds is 18. The van der Waals surface area contributed by atoms with Gasteiger partial charge in [-0.1, -0.05) is 80.9 Å². The van der Waals surface area contributed by atoms with Gasteiger partial charge in [0, 0.05) is 79.7 Å². The summed E-state index contributed by atoms with van der Waals surface area (Å²) in [5.74, 6) is 1.00. The van der Waals surface area contributed by atoms with Gasteiger partial charge in [-0.25, -0.2) is 14.2 Å². The van der Waals surface area contributed by atoms with Gasteiger partial charge in [-0.3, -0.25) is 24.4 Å². The Kier molecular flexibility index (Phi) is 18.5. The molecule has 0 radical (unpaired) electrons. The molecule has 89 heavy (non-hydrogen) atoms. The van der Waals surface area contributed by atoms with E-state index in [0.29, 0.717) is 133 Å². The van der Waals surface area contributed by atoms with Crippen molar-refractivity contribution in [3.63, 3.8) is 0 Å². The quantitative estimate of drug-likeness (QED) is 0.0641. The Morgan fingerprint density at radius 1 is 0.843 bits per heavy atom. The molecule has 1 saturated carbocycles. The molecule has 4 amide bonds. The van der Waals surface area contributed by atoms with E-state index in [1.165, 1.54) is 12.1 Å². The molecule has 0 spiro atoms. The number of fused-ring (bicyclic) bond motifs is 8. The number of anilines is 2. The number of aliphatic imine (C=N–C) groups is 1. The highest BCUT2D eigenvalue weighted by molar-refractivity contribution is 6.30. The van der Waals surface area contributed by atoms with Crippen LogP contribution < -0.4 is 15.4 Å². The normalized spacial score (nSPS) is 20.3. The number of hydrogen-bond donors (Lipinski definition) is 1. The zero-order chi connectivity index (χ0) is 62.9. The summed E-state index contributed by atoms with van der Waals surface area (Å²) in [5, 5.41) is 6.16. The molecule has 2 N–H and O–H groups in total. The number of nitrogens with zero attached hydrogens (tertiary/aromatic N) is 11. The minimum atomic E-state index is -1.05. The monoisotopic (exact) mass is 1250 g/mol. The van der Waals surface area contributed by atoms with Crippen LogP contribution in [0.15, 0.2) is 102 Å². The van der Waals surface area contributed by atoms with Gasteiger partial charge >= 0.3 is 6.03 Å². The van der Waals surface area contributed by atoms with Crippen LogP contribution in [0.5, 0.6) is 5.75 Å². The van der Waals surface area contributed by atoms with Crippen LogP contribution in [0.4, 0.5) is 26.5 Å². The number of halogens is 3. The minimum Gasteiger partial charge on any atom is -0.493 e. The summed E-state index contributed by atoms with van der Waals surface area (Å²) in [5.41, 5.74) is 11.4. The van der Waals surface area contributed by atoms with Crippen molar-refractivity contribution < 1.29 is 33.0 Å². The lowest BCUT2D eigenvalue weighted by Gasteiger charge is -2.47. The lowest BCUT2D eigenvalue weighted by Crippen LogP contribution is -2.60. The van der Waals surface area contributed by atoms with Crippen LogP contribution in [0.25, 0.3) is 16.0 Å². The molecule has 3 fully saturated rings. The van der Waals surface area contributed by atoms with Gasteiger partial charge in [0.2, 0.25) is 5.91 Å². The Bertz CT molecular complexity index is 3690. The predicted molar refractivity (Wildman–Crippen MR) is 344 cm³/mol. The zero-order valence-electron chi connectivity index (χ0n) is 51.9. The van der Waals surface area contributed by atoms with E-state index in [2.05, 4.69) is 66.4 Å². The molecule has 2 aromatic heterocycles. The number of urea groups is 1. The molecule has 4 aliphatic heterocycles. The van der Waals surface area contributed by atoms with E-state index in [4.69, 9.17) is 59.8 Å².